The number of carbonyl (C=O) groups is 1. The Bertz CT molecular complexity index is 744. The van der Waals surface area contributed by atoms with Crippen LogP contribution in [0, 0.1) is 5.41 Å². The fourth-order valence-corrected chi connectivity index (χ4v) is 2.79. The van der Waals surface area contributed by atoms with Gasteiger partial charge in [-0.2, -0.15) is 4.98 Å². The Labute approximate surface area is 146 Å². The summed E-state index contributed by atoms with van der Waals surface area (Å²) in [6, 6.07) is 1.64. The first-order chi connectivity index (χ1) is 12.0. The maximum absolute atomic E-state index is 12.6. The van der Waals surface area contributed by atoms with Crippen LogP contribution >= 0.6 is 0 Å². The number of rotatable bonds is 6. The third-order valence-electron chi connectivity index (χ3n) is 4.18. The van der Waals surface area contributed by atoms with Crippen molar-refractivity contribution in [2.45, 2.75) is 26.9 Å². The molecule has 0 aromatic carbocycles. The number of anilines is 1. The summed E-state index contributed by atoms with van der Waals surface area (Å²) in [6.45, 7) is 6.99. The van der Waals surface area contributed by atoms with Crippen molar-refractivity contribution in [1.29, 1.82) is 0 Å². The first-order valence-corrected chi connectivity index (χ1v) is 8.14. The van der Waals surface area contributed by atoms with Gasteiger partial charge in [0.25, 0.3) is 0 Å². The Balaban J connectivity index is 1.55. The molecule has 134 valence electrons. The quantitative estimate of drug-likeness (QED) is 0.743. The van der Waals surface area contributed by atoms with E-state index in [2.05, 4.69) is 35.3 Å². The van der Waals surface area contributed by atoms with Crippen molar-refractivity contribution in [2.24, 2.45) is 5.41 Å². The Kier molecular flexibility index (Phi) is 4.84. The standard InChI is InChI=1S/C16H23N7O2/c1-16(2,11-22-8-9-23-7-6-17-12(23)10-22)14(24)20-21-15-18-5-4-13(19-15)25-3/h4-7H,8-11H2,1-3H3,(H,20,24)(H,18,19,21). The van der Waals surface area contributed by atoms with Gasteiger partial charge in [0, 0.05) is 44.3 Å². The minimum absolute atomic E-state index is 0.132. The van der Waals surface area contributed by atoms with Crippen molar-refractivity contribution in [3.05, 3.63) is 30.5 Å². The zero-order valence-electron chi connectivity index (χ0n) is 14.7. The van der Waals surface area contributed by atoms with Crippen LogP contribution in [0.5, 0.6) is 5.88 Å². The number of hydrogen-bond acceptors (Lipinski definition) is 7. The molecule has 0 aliphatic carbocycles. The van der Waals surface area contributed by atoms with Crippen molar-refractivity contribution < 1.29 is 9.53 Å². The predicted molar refractivity (Wildman–Crippen MR) is 91.6 cm³/mol. The topological polar surface area (TPSA) is 97.2 Å². The largest absolute Gasteiger partial charge is 0.481 e. The number of hydrogen-bond donors (Lipinski definition) is 2. The summed E-state index contributed by atoms with van der Waals surface area (Å²) in [7, 11) is 1.53. The molecule has 0 unspecified atom stereocenters. The zero-order valence-corrected chi connectivity index (χ0v) is 14.7. The lowest BCUT2D eigenvalue weighted by molar-refractivity contribution is -0.130. The van der Waals surface area contributed by atoms with E-state index in [0.29, 0.717) is 12.4 Å². The number of nitrogens with one attached hydrogen (secondary N) is 2. The minimum Gasteiger partial charge on any atom is -0.481 e. The van der Waals surface area contributed by atoms with Gasteiger partial charge in [0.05, 0.1) is 19.1 Å². The van der Waals surface area contributed by atoms with E-state index in [1.807, 2.05) is 26.2 Å². The lowest BCUT2D eigenvalue weighted by Crippen LogP contribution is -2.48. The molecule has 9 heteroatoms. The van der Waals surface area contributed by atoms with E-state index in [-0.39, 0.29) is 11.9 Å². The highest BCUT2D eigenvalue weighted by atomic mass is 16.5. The predicted octanol–water partition coefficient (Wildman–Crippen LogP) is 0.667. The SMILES string of the molecule is COc1ccnc(NNC(=O)C(C)(C)CN2CCn3ccnc3C2)n1. The summed E-state index contributed by atoms with van der Waals surface area (Å²) in [5.41, 5.74) is 4.83. The highest BCUT2D eigenvalue weighted by molar-refractivity contribution is 5.82. The first kappa shape index (κ1) is 17.2. The van der Waals surface area contributed by atoms with Crippen molar-refractivity contribution in [2.75, 3.05) is 25.6 Å². The van der Waals surface area contributed by atoms with Gasteiger partial charge in [0.15, 0.2) is 0 Å². The van der Waals surface area contributed by atoms with Crippen LogP contribution in [0.2, 0.25) is 0 Å². The molecule has 25 heavy (non-hydrogen) atoms. The molecule has 2 aromatic rings. The van der Waals surface area contributed by atoms with Crippen LogP contribution < -0.4 is 15.6 Å². The molecule has 1 amide bonds. The average molecular weight is 345 g/mol. The van der Waals surface area contributed by atoms with Crippen molar-refractivity contribution in [3.63, 3.8) is 0 Å². The van der Waals surface area contributed by atoms with Crippen molar-refractivity contribution in [3.8, 4) is 5.88 Å². The Morgan fingerprint density at radius 1 is 1.32 bits per heavy atom. The molecule has 2 aromatic heterocycles. The maximum atomic E-state index is 12.6. The number of methoxy groups -OCH3 is 1. The Morgan fingerprint density at radius 3 is 2.96 bits per heavy atom. The molecule has 0 fully saturated rings. The number of imidazole rings is 1. The number of ether oxygens (including phenoxy) is 1. The van der Waals surface area contributed by atoms with Gasteiger partial charge in [0.2, 0.25) is 17.7 Å². The lowest BCUT2D eigenvalue weighted by Gasteiger charge is -2.34. The highest BCUT2D eigenvalue weighted by Crippen LogP contribution is 2.20. The number of hydrazine groups is 1. The summed E-state index contributed by atoms with van der Waals surface area (Å²) >= 11 is 0. The molecule has 9 nitrogen and oxygen atoms in total. The maximum Gasteiger partial charge on any atom is 0.245 e. The van der Waals surface area contributed by atoms with Crippen molar-refractivity contribution >= 4 is 11.9 Å². The fraction of sp³-hybridized carbons (Fsp3) is 0.500. The normalized spacial score (nSPS) is 14.7. The van der Waals surface area contributed by atoms with Crippen LogP contribution in [0.15, 0.2) is 24.7 Å². The van der Waals surface area contributed by atoms with Gasteiger partial charge in [0.1, 0.15) is 5.82 Å². The second-order valence-electron chi connectivity index (χ2n) is 6.63. The number of aromatic nitrogens is 4. The van der Waals surface area contributed by atoms with Crippen LogP contribution in [0.1, 0.15) is 19.7 Å². The molecule has 0 saturated carbocycles. The van der Waals surface area contributed by atoms with Gasteiger partial charge < -0.3 is 9.30 Å². The first-order valence-electron chi connectivity index (χ1n) is 8.14. The van der Waals surface area contributed by atoms with Crippen LogP contribution in [0.4, 0.5) is 5.95 Å². The van der Waals surface area contributed by atoms with E-state index in [0.717, 1.165) is 25.5 Å². The molecule has 0 bridgehead atoms. The molecule has 0 saturated heterocycles. The summed E-state index contributed by atoms with van der Waals surface area (Å²) in [5, 5.41) is 0. The molecular formula is C16H23N7O2. The summed E-state index contributed by atoms with van der Waals surface area (Å²) < 4.78 is 7.18. The Morgan fingerprint density at radius 2 is 2.16 bits per heavy atom. The molecule has 2 N–H and O–H groups in total. The monoisotopic (exact) mass is 345 g/mol. The molecule has 0 radical (unpaired) electrons. The number of carbonyl (C=O) groups excluding carboxylic acids is 1. The summed E-state index contributed by atoms with van der Waals surface area (Å²) in [4.78, 5) is 27.3. The molecule has 1 aliphatic rings. The van der Waals surface area contributed by atoms with E-state index in [1.54, 1.807) is 12.3 Å². The van der Waals surface area contributed by atoms with Gasteiger partial charge in [-0.25, -0.2) is 9.97 Å². The molecule has 3 rings (SSSR count). The lowest BCUT2D eigenvalue weighted by atomic mass is 9.91. The zero-order chi connectivity index (χ0) is 17.9. The second kappa shape index (κ2) is 7.06. The van der Waals surface area contributed by atoms with Gasteiger partial charge in [-0.15, -0.1) is 0 Å². The molecule has 1 aliphatic heterocycles. The highest BCUT2D eigenvalue weighted by Gasteiger charge is 2.31. The molecule has 0 spiro atoms. The van der Waals surface area contributed by atoms with Crippen LogP contribution in [0.3, 0.4) is 0 Å². The van der Waals surface area contributed by atoms with E-state index >= 15 is 0 Å². The van der Waals surface area contributed by atoms with Crippen molar-refractivity contribution in [1.82, 2.24) is 29.8 Å². The van der Waals surface area contributed by atoms with E-state index in [4.69, 9.17) is 4.74 Å². The van der Waals surface area contributed by atoms with Gasteiger partial charge in [-0.3, -0.25) is 20.5 Å². The molecule has 3 heterocycles. The number of amides is 1. The summed E-state index contributed by atoms with van der Waals surface area (Å²) in [5.74, 6) is 1.61. The van der Waals surface area contributed by atoms with E-state index in [1.165, 1.54) is 7.11 Å². The smallest absolute Gasteiger partial charge is 0.245 e. The minimum atomic E-state index is -0.583. The third-order valence-corrected chi connectivity index (χ3v) is 4.18. The van der Waals surface area contributed by atoms with Crippen LogP contribution in [-0.2, 0) is 17.9 Å². The van der Waals surface area contributed by atoms with Crippen LogP contribution in [0.25, 0.3) is 0 Å². The number of fused-ring (bicyclic) bond motifs is 1. The third kappa shape index (κ3) is 4.05. The van der Waals surface area contributed by atoms with Gasteiger partial charge in [-0.05, 0) is 13.8 Å². The van der Waals surface area contributed by atoms with Gasteiger partial charge in [-0.1, -0.05) is 0 Å². The number of nitrogens with zero attached hydrogens (tertiary/aromatic N) is 5. The van der Waals surface area contributed by atoms with Gasteiger partial charge >= 0.3 is 0 Å². The molecule has 0 atom stereocenters. The molecular weight excluding hydrogens is 322 g/mol. The van der Waals surface area contributed by atoms with Crippen LogP contribution in [-0.4, -0.2) is 50.5 Å². The summed E-state index contributed by atoms with van der Waals surface area (Å²) in [6.07, 6.45) is 5.36. The average Bonchev–Trinajstić information content (AvgIpc) is 3.07. The van der Waals surface area contributed by atoms with E-state index in [9.17, 15) is 4.79 Å². The Hall–Kier alpha value is -2.68. The second-order valence-corrected chi connectivity index (χ2v) is 6.63. The fourth-order valence-electron chi connectivity index (χ4n) is 2.79. The van der Waals surface area contributed by atoms with E-state index < -0.39 is 5.41 Å².